The van der Waals surface area contributed by atoms with Gasteiger partial charge < -0.3 is 21.1 Å². The molecule has 0 atom stereocenters. The van der Waals surface area contributed by atoms with Crippen LogP contribution in [0.3, 0.4) is 0 Å². The lowest BCUT2D eigenvalue weighted by molar-refractivity contribution is -0.135. The monoisotopic (exact) mass is 652 g/mol. The molecule has 0 fully saturated rings. The number of ether oxygens (including phenoxy) is 1. The molecule has 4 N–H and O–H groups in total. The highest BCUT2D eigenvalue weighted by Gasteiger charge is 2.45. The molecule has 0 aromatic rings. The first-order valence-electron chi connectivity index (χ1n) is 17.8. The first-order chi connectivity index (χ1) is 19.8. The van der Waals surface area contributed by atoms with Gasteiger partial charge in [-0.15, -0.1) is 0 Å². The molecule has 0 bridgehead atoms. The summed E-state index contributed by atoms with van der Waals surface area (Å²) in [5.41, 5.74) is 3.93. The predicted octanol–water partition coefficient (Wildman–Crippen LogP) is 9.68. The Morgan fingerprint density at radius 3 is 1.46 bits per heavy atom. The van der Waals surface area contributed by atoms with Crippen LogP contribution in [0.4, 0.5) is 0 Å². The molecule has 0 aromatic carbocycles. The van der Waals surface area contributed by atoms with E-state index in [9.17, 15) is 9.59 Å². The normalized spacial score (nSPS) is 15.2. The van der Waals surface area contributed by atoms with E-state index in [0.717, 1.165) is 25.7 Å². The topological polar surface area (TPSA) is 93.4 Å². The van der Waals surface area contributed by atoms with Crippen LogP contribution >= 0.6 is 0 Å². The van der Waals surface area contributed by atoms with E-state index in [2.05, 4.69) is 128 Å². The molecule has 0 heterocycles. The third-order valence-electron chi connectivity index (χ3n) is 11.0. The van der Waals surface area contributed by atoms with E-state index in [1.54, 1.807) is 13.8 Å². The number of carbonyl (C=O) groups excluding carboxylic acids is 2. The maximum atomic E-state index is 13.2. The lowest BCUT2D eigenvalue weighted by Crippen LogP contribution is -2.56. The fraction of sp³-hybridized carbons (Fsp3) is 0.950. The molecule has 6 nitrogen and oxygen atoms in total. The number of hydrogen-bond donors (Lipinski definition) is 3. The molecule has 0 unspecified atom stereocenters. The molecule has 0 aromatic heterocycles. The summed E-state index contributed by atoms with van der Waals surface area (Å²) in [4.78, 5) is 25.1. The van der Waals surface area contributed by atoms with Crippen molar-refractivity contribution in [1.82, 2.24) is 10.6 Å². The van der Waals surface area contributed by atoms with Crippen molar-refractivity contribution in [2.75, 3.05) is 13.2 Å². The summed E-state index contributed by atoms with van der Waals surface area (Å²) in [6, 6.07) is 0. The molecule has 46 heavy (non-hydrogen) atoms. The van der Waals surface area contributed by atoms with Crippen LogP contribution in [0.2, 0.25) is 0 Å². The number of primary amides is 1. The van der Waals surface area contributed by atoms with Crippen molar-refractivity contribution in [2.45, 2.75) is 194 Å². The molecular weight excluding hydrogens is 570 g/mol. The Hall–Kier alpha value is -1.14. The van der Waals surface area contributed by atoms with Gasteiger partial charge >= 0.3 is 0 Å². The van der Waals surface area contributed by atoms with Crippen molar-refractivity contribution >= 4 is 11.8 Å². The highest BCUT2D eigenvalue weighted by atomic mass is 16.5. The smallest absolute Gasteiger partial charge is 0.225 e. The Labute approximate surface area is 287 Å². The quantitative estimate of drug-likeness (QED) is 0.130. The molecule has 2 amide bonds. The van der Waals surface area contributed by atoms with E-state index in [1.807, 2.05) is 13.8 Å². The minimum absolute atomic E-state index is 0.00803. The van der Waals surface area contributed by atoms with Crippen LogP contribution in [0, 0.1) is 37.9 Å². The second-order valence-corrected chi connectivity index (χ2v) is 21.9. The van der Waals surface area contributed by atoms with Crippen molar-refractivity contribution in [2.24, 2.45) is 43.6 Å². The molecule has 0 spiro atoms. The van der Waals surface area contributed by atoms with Gasteiger partial charge in [0.2, 0.25) is 11.8 Å². The zero-order valence-corrected chi connectivity index (χ0v) is 34.8. The summed E-state index contributed by atoms with van der Waals surface area (Å²) in [5, 5.41) is 7.19. The van der Waals surface area contributed by atoms with Gasteiger partial charge in [-0.3, -0.25) is 9.59 Å². The minimum atomic E-state index is -0.750. The van der Waals surface area contributed by atoms with Crippen molar-refractivity contribution in [1.29, 1.82) is 0 Å². The first-order valence-corrected chi connectivity index (χ1v) is 17.8. The molecule has 274 valence electrons. The minimum Gasteiger partial charge on any atom is -0.375 e. The highest BCUT2D eigenvalue weighted by molar-refractivity contribution is 5.84. The summed E-state index contributed by atoms with van der Waals surface area (Å²) in [6.07, 6.45) is 4.41. The molecule has 0 radical (unpaired) electrons. The second kappa shape index (κ2) is 14.4. The van der Waals surface area contributed by atoms with E-state index in [0.29, 0.717) is 19.6 Å². The van der Waals surface area contributed by atoms with Gasteiger partial charge in [0.25, 0.3) is 0 Å². The van der Waals surface area contributed by atoms with Crippen molar-refractivity contribution in [3.63, 3.8) is 0 Å². The molecule has 0 aliphatic rings. The highest BCUT2D eigenvalue weighted by Crippen LogP contribution is 2.48. The van der Waals surface area contributed by atoms with Crippen molar-refractivity contribution in [3.8, 4) is 0 Å². The molecule has 0 saturated heterocycles. The van der Waals surface area contributed by atoms with Gasteiger partial charge in [0.15, 0.2) is 0 Å². The van der Waals surface area contributed by atoms with Gasteiger partial charge in [-0.05, 0) is 101 Å². The number of nitrogens with two attached hydrogens (primary N) is 1. The molecule has 0 rings (SSSR count). The maximum absolute atomic E-state index is 13.2. The molecule has 0 aliphatic heterocycles. The van der Waals surface area contributed by atoms with Gasteiger partial charge in [0.05, 0.1) is 5.60 Å². The third-order valence-corrected chi connectivity index (χ3v) is 11.0. The standard InChI is InChI=1S/C40H81N3O3/c1-31(2,3)24-38(16,17)43-39(18,19)27-36(12,13)35(10,11)22-23-46-40(20,21)37(14,15)25-32(4,5)28-42-30(45)34(8,9)26-33(6,7)29(41)44/h43H,22-28H2,1-21H3,(H2,41,44)(H,42,45). The molecule has 0 saturated carbocycles. The SMILES string of the molecule is CC(C)(C)CC(C)(C)NC(C)(C)CC(C)(C)C(C)(C)CCOC(C)(C)C(C)(C)CC(C)(C)CNC(=O)C(C)(C)CC(C)(C)C(N)=O. The Bertz CT molecular complexity index is 1020. The maximum Gasteiger partial charge on any atom is 0.225 e. The zero-order valence-electron chi connectivity index (χ0n) is 34.8. The van der Waals surface area contributed by atoms with Crippen LogP contribution in [0.25, 0.3) is 0 Å². The van der Waals surface area contributed by atoms with Crippen LogP contribution in [-0.4, -0.2) is 41.6 Å². The third kappa shape index (κ3) is 14.1. The van der Waals surface area contributed by atoms with Crippen LogP contribution in [0.1, 0.15) is 178 Å². The van der Waals surface area contributed by atoms with Crippen LogP contribution in [0.15, 0.2) is 0 Å². The van der Waals surface area contributed by atoms with E-state index in [-0.39, 0.29) is 55.6 Å². The molecular formula is C40H81N3O3. The average molecular weight is 652 g/mol. The summed E-state index contributed by atoms with van der Waals surface area (Å²) in [6.45, 7) is 47.9. The fourth-order valence-corrected chi connectivity index (χ4v) is 8.07. The van der Waals surface area contributed by atoms with Crippen LogP contribution in [-0.2, 0) is 14.3 Å². The van der Waals surface area contributed by atoms with Crippen molar-refractivity contribution < 1.29 is 14.3 Å². The van der Waals surface area contributed by atoms with Gasteiger partial charge in [-0.25, -0.2) is 0 Å². The van der Waals surface area contributed by atoms with Crippen molar-refractivity contribution in [3.05, 3.63) is 0 Å². The first kappa shape index (κ1) is 44.9. The number of hydrogen-bond acceptors (Lipinski definition) is 4. The Kier molecular flexibility index (Phi) is 14.0. The average Bonchev–Trinajstić information content (AvgIpc) is 2.71. The van der Waals surface area contributed by atoms with Gasteiger partial charge in [0.1, 0.15) is 0 Å². The van der Waals surface area contributed by atoms with Gasteiger partial charge in [-0.1, -0.05) is 104 Å². The molecule has 6 heteroatoms. The Morgan fingerprint density at radius 1 is 0.565 bits per heavy atom. The fourth-order valence-electron chi connectivity index (χ4n) is 8.07. The van der Waals surface area contributed by atoms with Gasteiger partial charge in [0, 0.05) is 35.1 Å². The van der Waals surface area contributed by atoms with E-state index >= 15 is 0 Å². The number of nitrogens with one attached hydrogen (secondary N) is 2. The van der Waals surface area contributed by atoms with Crippen LogP contribution in [0.5, 0.6) is 0 Å². The van der Waals surface area contributed by atoms with Gasteiger partial charge in [-0.2, -0.15) is 0 Å². The summed E-state index contributed by atoms with van der Waals surface area (Å²) < 4.78 is 6.75. The lowest BCUT2D eigenvalue weighted by Gasteiger charge is -2.50. The Morgan fingerprint density at radius 2 is 1.02 bits per heavy atom. The summed E-state index contributed by atoms with van der Waals surface area (Å²) in [7, 11) is 0. The number of amides is 2. The van der Waals surface area contributed by atoms with Crippen LogP contribution < -0.4 is 16.4 Å². The number of rotatable bonds is 19. The lowest BCUT2D eigenvalue weighted by atomic mass is 9.61. The molecule has 0 aliphatic carbocycles. The van der Waals surface area contributed by atoms with E-state index in [4.69, 9.17) is 10.5 Å². The predicted molar refractivity (Wildman–Crippen MR) is 199 cm³/mol. The summed E-state index contributed by atoms with van der Waals surface area (Å²) >= 11 is 0. The largest absolute Gasteiger partial charge is 0.375 e. The van der Waals surface area contributed by atoms with E-state index in [1.165, 1.54) is 0 Å². The zero-order chi connectivity index (χ0) is 37.2. The Balaban J connectivity index is 5.40. The number of carbonyl (C=O) groups is 2. The second-order valence-electron chi connectivity index (χ2n) is 21.9. The summed E-state index contributed by atoms with van der Waals surface area (Å²) in [5.74, 6) is -0.440. The van der Waals surface area contributed by atoms with E-state index < -0.39 is 10.8 Å².